The minimum absolute atomic E-state index is 0.00246. The molecule has 4 aromatic rings. The number of carboxylic acid groups (broad SMARTS) is 1. The lowest BCUT2D eigenvalue weighted by Gasteiger charge is -2.15. The number of alkyl halides is 5. The van der Waals surface area contributed by atoms with Crippen molar-refractivity contribution in [2.75, 3.05) is 11.9 Å². The maximum Gasteiger partial charge on any atom is 0.490 e. The summed E-state index contributed by atoms with van der Waals surface area (Å²) in [6, 6.07) is 11.9. The van der Waals surface area contributed by atoms with E-state index in [1.807, 2.05) is 16.8 Å². The highest BCUT2D eigenvalue weighted by atomic mass is 19.4. The molecular formula is C27H27F6N7O3. The third-order valence-corrected chi connectivity index (χ3v) is 6.33. The monoisotopic (exact) mass is 611 g/mol. The van der Waals surface area contributed by atoms with Gasteiger partial charge in [-0.2, -0.15) is 23.3 Å². The first kappa shape index (κ1) is 31.3. The number of anilines is 2. The van der Waals surface area contributed by atoms with E-state index < -0.39 is 31.0 Å². The first-order chi connectivity index (χ1) is 20.3. The summed E-state index contributed by atoms with van der Waals surface area (Å²) < 4.78 is 79.9. The van der Waals surface area contributed by atoms with E-state index >= 15 is 0 Å². The Balaban J connectivity index is 0.000000541. The Bertz CT molecular complexity index is 1550. The van der Waals surface area contributed by atoms with E-state index in [4.69, 9.17) is 19.6 Å². The van der Waals surface area contributed by atoms with Crippen LogP contribution >= 0.6 is 0 Å². The number of benzene rings is 2. The molecule has 2 N–H and O–H groups in total. The van der Waals surface area contributed by atoms with E-state index in [0.29, 0.717) is 34.7 Å². The van der Waals surface area contributed by atoms with E-state index in [1.165, 1.54) is 10.7 Å². The molecule has 0 fully saturated rings. The minimum Gasteiger partial charge on any atom is -0.488 e. The van der Waals surface area contributed by atoms with Crippen molar-refractivity contribution < 1.29 is 41.0 Å². The van der Waals surface area contributed by atoms with Crippen LogP contribution in [0.4, 0.5) is 38.0 Å². The molecule has 5 rings (SSSR count). The number of hydrogen-bond donors (Lipinski definition) is 2. The molecule has 2 aromatic carbocycles. The molecule has 10 nitrogen and oxygen atoms in total. The highest BCUT2D eigenvalue weighted by molar-refractivity contribution is 5.73. The van der Waals surface area contributed by atoms with E-state index in [9.17, 15) is 26.3 Å². The molecule has 3 heterocycles. The molecule has 1 aliphatic rings. The van der Waals surface area contributed by atoms with Gasteiger partial charge in [0.05, 0.1) is 0 Å². The van der Waals surface area contributed by atoms with Crippen molar-refractivity contribution in [1.82, 2.24) is 29.5 Å². The number of fused-ring (bicyclic) bond motifs is 1. The van der Waals surface area contributed by atoms with Crippen molar-refractivity contribution in [3.63, 3.8) is 0 Å². The van der Waals surface area contributed by atoms with Crippen LogP contribution in [0.3, 0.4) is 0 Å². The molecule has 230 valence electrons. The molecule has 0 spiro atoms. The van der Waals surface area contributed by atoms with E-state index in [0.717, 1.165) is 37.2 Å². The largest absolute Gasteiger partial charge is 0.490 e. The van der Waals surface area contributed by atoms with Crippen LogP contribution in [0.25, 0.3) is 5.69 Å². The fourth-order valence-electron chi connectivity index (χ4n) is 4.47. The van der Waals surface area contributed by atoms with Crippen molar-refractivity contribution in [3.8, 4) is 11.4 Å². The van der Waals surface area contributed by atoms with Crippen LogP contribution in [0.1, 0.15) is 48.2 Å². The van der Waals surface area contributed by atoms with Gasteiger partial charge in [0.2, 0.25) is 5.95 Å². The van der Waals surface area contributed by atoms with Crippen LogP contribution in [0.2, 0.25) is 0 Å². The Morgan fingerprint density at radius 3 is 2.37 bits per heavy atom. The van der Waals surface area contributed by atoms with Gasteiger partial charge in [-0.25, -0.2) is 32.3 Å². The summed E-state index contributed by atoms with van der Waals surface area (Å²) in [5.41, 5.74) is 1.84. The summed E-state index contributed by atoms with van der Waals surface area (Å²) in [4.78, 5) is 17.9. The fourth-order valence-corrected chi connectivity index (χ4v) is 4.47. The normalized spacial score (nSPS) is 14.9. The zero-order valence-corrected chi connectivity index (χ0v) is 22.9. The average Bonchev–Trinajstić information content (AvgIpc) is 3.42. The molecule has 1 aliphatic heterocycles. The highest BCUT2D eigenvalue weighted by Crippen LogP contribution is 2.33. The number of nitrogens with one attached hydrogen (secondary N) is 1. The number of nitrogens with zero attached hydrogens (tertiary/aromatic N) is 6. The average molecular weight is 612 g/mol. The molecule has 0 radical (unpaired) electrons. The predicted octanol–water partition coefficient (Wildman–Crippen LogP) is 5.95. The van der Waals surface area contributed by atoms with Gasteiger partial charge in [-0.05, 0) is 62.6 Å². The first-order valence-corrected chi connectivity index (χ1v) is 13.0. The maximum atomic E-state index is 14.9. The van der Waals surface area contributed by atoms with Crippen LogP contribution in [0.5, 0.6) is 5.75 Å². The van der Waals surface area contributed by atoms with Gasteiger partial charge in [0, 0.05) is 18.2 Å². The number of rotatable bonds is 7. The van der Waals surface area contributed by atoms with Crippen LogP contribution in [-0.4, -0.2) is 59.8 Å². The molecule has 1 unspecified atom stereocenters. The third-order valence-electron chi connectivity index (χ3n) is 6.33. The summed E-state index contributed by atoms with van der Waals surface area (Å²) in [5, 5.41) is 19.1. The second-order valence-electron chi connectivity index (χ2n) is 9.55. The highest BCUT2D eigenvalue weighted by Gasteiger charge is 2.38. The van der Waals surface area contributed by atoms with Crippen molar-refractivity contribution in [3.05, 3.63) is 71.3 Å². The van der Waals surface area contributed by atoms with Crippen LogP contribution in [0.15, 0.2) is 42.5 Å². The van der Waals surface area contributed by atoms with Gasteiger partial charge in [-0.3, -0.25) is 0 Å². The quantitative estimate of drug-likeness (QED) is 0.246. The van der Waals surface area contributed by atoms with Gasteiger partial charge in [0.25, 0.3) is 6.43 Å². The summed E-state index contributed by atoms with van der Waals surface area (Å²) in [6.45, 7) is 3.63. The molecule has 0 saturated carbocycles. The molecular weight excluding hydrogens is 584 g/mol. The van der Waals surface area contributed by atoms with E-state index in [-0.39, 0.29) is 5.92 Å². The van der Waals surface area contributed by atoms with Gasteiger partial charge < -0.3 is 15.2 Å². The lowest BCUT2D eigenvalue weighted by molar-refractivity contribution is -0.192. The molecule has 0 amide bonds. The van der Waals surface area contributed by atoms with Gasteiger partial charge in [0.15, 0.2) is 5.82 Å². The van der Waals surface area contributed by atoms with Gasteiger partial charge in [0.1, 0.15) is 35.5 Å². The SMILES string of the molecule is Cc1nc(C)n(-c2ccc(Nc3nc4n(n3)CCCCC4c3ccc(OCC(F)F)cc3)cc2F)n1.O=C(O)C(F)(F)F. The Morgan fingerprint density at radius 2 is 1.79 bits per heavy atom. The van der Waals surface area contributed by atoms with Crippen LogP contribution in [0, 0.1) is 19.7 Å². The Labute approximate surface area is 241 Å². The van der Waals surface area contributed by atoms with Gasteiger partial charge in [-0.1, -0.05) is 18.6 Å². The second kappa shape index (κ2) is 13.1. The lowest BCUT2D eigenvalue weighted by atomic mass is 9.93. The summed E-state index contributed by atoms with van der Waals surface area (Å²) in [6.07, 6.45) is -4.75. The molecule has 1 atom stereocenters. The topological polar surface area (TPSA) is 120 Å². The fraction of sp³-hybridized carbons (Fsp3) is 0.370. The smallest absolute Gasteiger partial charge is 0.488 e. The van der Waals surface area contributed by atoms with Gasteiger partial charge >= 0.3 is 12.1 Å². The number of hydrogen-bond acceptors (Lipinski definition) is 7. The summed E-state index contributed by atoms with van der Waals surface area (Å²) in [7, 11) is 0. The zero-order chi connectivity index (χ0) is 31.3. The number of carboxylic acids is 1. The van der Waals surface area contributed by atoms with Crippen LogP contribution < -0.4 is 10.1 Å². The number of aliphatic carboxylic acids is 1. The Kier molecular flexibility index (Phi) is 9.56. The van der Waals surface area contributed by atoms with E-state index in [1.54, 1.807) is 38.1 Å². The summed E-state index contributed by atoms with van der Waals surface area (Å²) >= 11 is 0. The minimum atomic E-state index is -5.08. The Morgan fingerprint density at radius 1 is 1.09 bits per heavy atom. The standard InChI is InChI=1S/C25H26F3N7O.C2HF3O2/c1-15-29-16(2)35(32-15)22-11-8-18(13-21(22)26)30-25-31-24-20(5-3-4-12-34(24)33-25)17-6-9-19(10-7-17)36-14-23(27)28;3-2(4,5)1(6)7/h6-11,13,20,23H,3-5,12,14H2,1-2H3,(H,30,33);(H,6,7). The number of halogens is 6. The van der Waals surface area contributed by atoms with E-state index in [2.05, 4.69) is 20.5 Å². The van der Waals surface area contributed by atoms with Crippen molar-refractivity contribution in [1.29, 1.82) is 0 Å². The number of carbonyl (C=O) groups is 1. The molecule has 2 aromatic heterocycles. The Hall–Kier alpha value is -4.63. The van der Waals surface area contributed by atoms with Crippen molar-refractivity contribution >= 4 is 17.6 Å². The maximum absolute atomic E-state index is 14.9. The predicted molar refractivity (Wildman–Crippen MR) is 141 cm³/mol. The molecule has 0 aliphatic carbocycles. The van der Waals surface area contributed by atoms with Crippen molar-refractivity contribution in [2.45, 2.75) is 58.2 Å². The third kappa shape index (κ3) is 8.02. The first-order valence-electron chi connectivity index (χ1n) is 13.0. The molecule has 16 heteroatoms. The molecule has 0 bridgehead atoms. The summed E-state index contributed by atoms with van der Waals surface area (Å²) in [5.74, 6) is -0.436. The molecule has 43 heavy (non-hydrogen) atoms. The van der Waals surface area contributed by atoms with Gasteiger partial charge in [-0.15, -0.1) is 5.10 Å². The number of aryl methyl sites for hydroxylation is 3. The van der Waals surface area contributed by atoms with Crippen LogP contribution in [-0.2, 0) is 11.3 Å². The number of aromatic nitrogens is 6. The zero-order valence-electron chi connectivity index (χ0n) is 22.9. The number of ether oxygens (including phenoxy) is 1. The van der Waals surface area contributed by atoms with Crippen molar-refractivity contribution in [2.24, 2.45) is 0 Å². The second-order valence-corrected chi connectivity index (χ2v) is 9.55. The molecule has 0 saturated heterocycles. The lowest BCUT2D eigenvalue weighted by Crippen LogP contribution is -2.21.